The van der Waals surface area contributed by atoms with Crippen LogP contribution in [0.5, 0.6) is 0 Å². The Labute approximate surface area is 153 Å². The predicted molar refractivity (Wildman–Crippen MR) is 92.1 cm³/mol. The monoisotopic (exact) mass is 390 g/mol. The van der Waals surface area contributed by atoms with Crippen molar-refractivity contribution >= 4 is 23.2 Å². The number of carbonyl (C=O) groups excluding carboxylic acids is 2. The lowest BCUT2D eigenvalue weighted by atomic mass is 10.1. The summed E-state index contributed by atoms with van der Waals surface area (Å²) in [6.07, 6.45) is -4.82. The minimum atomic E-state index is -4.70. The summed E-state index contributed by atoms with van der Waals surface area (Å²) in [5, 5.41) is 18.6. The first kappa shape index (κ1) is 22.2. The molecule has 0 atom stereocenters. The van der Waals surface area contributed by atoms with Gasteiger partial charge in [-0.2, -0.15) is 13.2 Å². The van der Waals surface area contributed by atoms with Crippen LogP contribution in [0.2, 0.25) is 0 Å². The Morgan fingerprint density at radius 1 is 1.15 bits per heavy atom. The second-order valence-electron chi connectivity index (χ2n) is 6.74. The molecule has 0 saturated carbocycles. The number of alkyl halides is 3. The van der Waals surface area contributed by atoms with Gasteiger partial charge >= 0.3 is 6.18 Å². The van der Waals surface area contributed by atoms with Crippen LogP contribution < -0.4 is 16.0 Å². The van der Waals surface area contributed by atoms with Gasteiger partial charge in [-0.1, -0.05) is 0 Å². The highest BCUT2D eigenvalue weighted by Gasteiger charge is 2.33. The number of halogens is 3. The zero-order valence-electron chi connectivity index (χ0n) is 15.1. The number of hydrogen-bond acceptors (Lipinski definition) is 5. The lowest BCUT2D eigenvalue weighted by molar-refractivity contribution is -0.384. The molecule has 27 heavy (non-hydrogen) atoms. The van der Waals surface area contributed by atoms with Crippen molar-refractivity contribution in [3.05, 3.63) is 33.9 Å². The van der Waals surface area contributed by atoms with Crippen molar-refractivity contribution in [3.63, 3.8) is 0 Å². The Morgan fingerprint density at radius 3 is 2.30 bits per heavy atom. The normalized spacial score (nSPS) is 11.6. The van der Waals surface area contributed by atoms with Crippen LogP contribution >= 0.6 is 0 Å². The summed E-state index contributed by atoms with van der Waals surface area (Å²) < 4.78 is 37.9. The summed E-state index contributed by atoms with van der Waals surface area (Å²) in [6.45, 7) is 5.07. The number of nitro groups is 1. The summed E-state index contributed by atoms with van der Waals surface area (Å²) in [4.78, 5) is 33.3. The summed E-state index contributed by atoms with van der Waals surface area (Å²) in [5.41, 5.74) is -2.45. The highest BCUT2D eigenvalue weighted by molar-refractivity contribution is 5.85. The Hall–Kier alpha value is -2.85. The number of nitro benzene ring substituents is 1. The Morgan fingerprint density at radius 2 is 1.78 bits per heavy atom. The molecular formula is C16H21F3N4O4. The van der Waals surface area contributed by atoms with Crippen LogP contribution in [0, 0.1) is 10.1 Å². The van der Waals surface area contributed by atoms with E-state index in [0.29, 0.717) is 12.1 Å². The van der Waals surface area contributed by atoms with E-state index < -0.39 is 33.8 Å². The van der Waals surface area contributed by atoms with Crippen LogP contribution in [0.3, 0.4) is 0 Å². The van der Waals surface area contributed by atoms with E-state index in [1.54, 1.807) is 20.8 Å². The highest BCUT2D eigenvalue weighted by Crippen LogP contribution is 2.34. The highest BCUT2D eigenvalue weighted by atomic mass is 19.4. The molecule has 0 aliphatic rings. The van der Waals surface area contributed by atoms with Gasteiger partial charge in [0.25, 0.3) is 5.69 Å². The first-order valence-electron chi connectivity index (χ1n) is 7.97. The zero-order chi connectivity index (χ0) is 20.8. The predicted octanol–water partition coefficient (Wildman–Crippen LogP) is 2.45. The standard InChI is InChI=1S/C16H21F3N4O4/c1-15(2,3)22-14(25)9-21-13(24)6-7-20-11-5-4-10(16(17,18)19)8-12(11)23(26)27/h4-5,8,20H,6-7,9H2,1-3H3,(H,21,24)(H,22,25). The van der Waals surface area contributed by atoms with Gasteiger partial charge in [0.05, 0.1) is 17.0 Å². The summed E-state index contributed by atoms with van der Waals surface area (Å²) in [6, 6.07) is 2.08. The number of amides is 2. The molecule has 0 radical (unpaired) electrons. The van der Waals surface area contributed by atoms with Crippen LogP contribution in [0.4, 0.5) is 24.5 Å². The van der Waals surface area contributed by atoms with Crippen LogP contribution in [-0.4, -0.2) is 35.4 Å². The molecule has 0 saturated heterocycles. The third kappa shape index (κ3) is 7.92. The molecule has 0 aliphatic carbocycles. The van der Waals surface area contributed by atoms with Crippen molar-refractivity contribution in [3.8, 4) is 0 Å². The van der Waals surface area contributed by atoms with Crippen molar-refractivity contribution in [2.45, 2.75) is 38.9 Å². The molecule has 3 N–H and O–H groups in total. The van der Waals surface area contributed by atoms with E-state index in [0.717, 1.165) is 6.07 Å². The average Bonchev–Trinajstić information content (AvgIpc) is 2.50. The van der Waals surface area contributed by atoms with Crippen LogP contribution in [-0.2, 0) is 15.8 Å². The number of anilines is 1. The van der Waals surface area contributed by atoms with Gasteiger partial charge in [0.15, 0.2) is 0 Å². The molecule has 0 spiro atoms. The van der Waals surface area contributed by atoms with E-state index >= 15 is 0 Å². The minimum Gasteiger partial charge on any atom is -0.379 e. The van der Waals surface area contributed by atoms with Crippen LogP contribution in [0.1, 0.15) is 32.8 Å². The number of carbonyl (C=O) groups is 2. The molecule has 1 aromatic carbocycles. The first-order valence-corrected chi connectivity index (χ1v) is 7.97. The third-order valence-corrected chi connectivity index (χ3v) is 3.15. The van der Waals surface area contributed by atoms with Crippen molar-refractivity contribution in [1.82, 2.24) is 10.6 Å². The Bertz CT molecular complexity index is 715. The van der Waals surface area contributed by atoms with Gasteiger partial charge in [0.2, 0.25) is 11.8 Å². The Kier molecular flexibility index (Phi) is 7.14. The van der Waals surface area contributed by atoms with Crippen molar-refractivity contribution in [2.75, 3.05) is 18.4 Å². The molecule has 11 heteroatoms. The van der Waals surface area contributed by atoms with Crippen molar-refractivity contribution in [1.29, 1.82) is 0 Å². The van der Waals surface area contributed by atoms with Gasteiger partial charge in [0, 0.05) is 24.6 Å². The maximum atomic E-state index is 12.6. The molecule has 0 aromatic heterocycles. The zero-order valence-corrected chi connectivity index (χ0v) is 15.1. The molecule has 0 heterocycles. The second kappa shape index (κ2) is 8.69. The number of benzene rings is 1. The first-order chi connectivity index (χ1) is 12.3. The van der Waals surface area contributed by atoms with Crippen LogP contribution in [0.15, 0.2) is 18.2 Å². The topological polar surface area (TPSA) is 113 Å². The van der Waals surface area contributed by atoms with E-state index in [1.807, 2.05) is 0 Å². The molecule has 1 rings (SSSR count). The van der Waals surface area contributed by atoms with Crippen molar-refractivity contribution in [2.24, 2.45) is 0 Å². The number of rotatable bonds is 7. The molecule has 2 amide bonds. The summed E-state index contributed by atoms with van der Waals surface area (Å²) in [5.74, 6) is -0.858. The summed E-state index contributed by atoms with van der Waals surface area (Å²) in [7, 11) is 0. The van der Waals surface area contributed by atoms with Gasteiger partial charge < -0.3 is 16.0 Å². The molecule has 0 fully saturated rings. The van der Waals surface area contributed by atoms with Gasteiger partial charge in [0.1, 0.15) is 5.69 Å². The number of nitrogens with one attached hydrogen (secondary N) is 3. The minimum absolute atomic E-state index is 0.0566. The quantitative estimate of drug-likeness (QED) is 0.489. The van der Waals surface area contributed by atoms with Gasteiger partial charge in [-0.05, 0) is 32.9 Å². The van der Waals surface area contributed by atoms with Gasteiger partial charge in [-0.15, -0.1) is 0 Å². The smallest absolute Gasteiger partial charge is 0.379 e. The van der Waals surface area contributed by atoms with E-state index in [-0.39, 0.29) is 31.1 Å². The third-order valence-electron chi connectivity index (χ3n) is 3.15. The van der Waals surface area contributed by atoms with Gasteiger partial charge in [-0.3, -0.25) is 19.7 Å². The lowest BCUT2D eigenvalue weighted by Crippen LogP contribution is -2.46. The number of hydrogen-bond donors (Lipinski definition) is 3. The van der Waals surface area contributed by atoms with Gasteiger partial charge in [-0.25, -0.2) is 0 Å². The van der Waals surface area contributed by atoms with E-state index in [4.69, 9.17) is 0 Å². The summed E-state index contributed by atoms with van der Waals surface area (Å²) >= 11 is 0. The fraction of sp³-hybridized carbons (Fsp3) is 0.500. The molecular weight excluding hydrogens is 369 g/mol. The molecule has 1 aromatic rings. The molecule has 150 valence electrons. The number of nitrogens with zero attached hydrogens (tertiary/aromatic N) is 1. The Balaban J connectivity index is 2.57. The van der Waals surface area contributed by atoms with E-state index in [1.165, 1.54) is 0 Å². The largest absolute Gasteiger partial charge is 0.416 e. The SMILES string of the molecule is CC(C)(C)NC(=O)CNC(=O)CCNc1ccc(C(F)(F)F)cc1[N+](=O)[O-]. The van der Waals surface area contributed by atoms with E-state index in [2.05, 4.69) is 16.0 Å². The molecule has 8 nitrogen and oxygen atoms in total. The second-order valence-corrected chi connectivity index (χ2v) is 6.74. The molecule has 0 unspecified atom stereocenters. The van der Waals surface area contributed by atoms with E-state index in [9.17, 15) is 32.9 Å². The fourth-order valence-corrected chi connectivity index (χ4v) is 2.05. The lowest BCUT2D eigenvalue weighted by Gasteiger charge is -2.20. The fourth-order valence-electron chi connectivity index (χ4n) is 2.05. The average molecular weight is 390 g/mol. The van der Waals surface area contributed by atoms with Crippen LogP contribution in [0.25, 0.3) is 0 Å². The molecule has 0 bridgehead atoms. The maximum absolute atomic E-state index is 12.6. The molecule has 0 aliphatic heterocycles. The van der Waals surface area contributed by atoms with Crippen molar-refractivity contribution < 1.29 is 27.7 Å². The maximum Gasteiger partial charge on any atom is 0.416 e.